The molecule has 1 aliphatic rings. The SMILES string of the molecule is CNc1ccc(-c2nc3c(N4CCCCC4)ncnc3n2C)cn1. The van der Waals surface area contributed by atoms with Gasteiger partial charge in [0.15, 0.2) is 17.0 Å². The van der Waals surface area contributed by atoms with Gasteiger partial charge in [0.2, 0.25) is 0 Å². The van der Waals surface area contributed by atoms with Crippen LogP contribution in [0.1, 0.15) is 19.3 Å². The van der Waals surface area contributed by atoms with Gasteiger partial charge in [-0.05, 0) is 31.4 Å². The highest BCUT2D eigenvalue weighted by Gasteiger charge is 2.20. The Labute approximate surface area is 140 Å². The predicted octanol–water partition coefficient (Wildman–Crippen LogP) is 2.46. The van der Waals surface area contributed by atoms with E-state index in [0.717, 1.165) is 47.3 Å². The summed E-state index contributed by atoms with van der Waals surface area (Å²) >= 11 is 0. The van der Waals surface area contributed by atoms with E-state index in [1.807, 2.05) is 37.0 Å². The van der Waals surface area contributed by atoms with Crippen LogP contribution in [-0.2, 0) is 7.05 Å². The van der Waals surface area contributed by atoms with Crippen molar-refractivity contribution in [2.45, 2.75) is 19.3 Å². The second-order valence-corrected chi connectivity index (χ2v) is 6.09. The highest BCUT2D eigenvalue weighted by atomic mass is 15.2. The molecule has 3 aromatic heterocycles. The number of rotatable bonds is 3. The molecule has 24 heavy (non-hydrogen) atoms. The quantitative estimate of drug-likeness (QED) is 0.798. The summed E-state index contributed by atoms with van der Waals surface area (Å²) in [6, 6.07) is 3.97. The van der Waals surface area contributed by atoms with Crippen molar-refractivity contribution in [2.75, 3.05) is 30.4 Å². The smallest absolute Gasteiger partial charge is 0.165 e. The summed E-state index contributed by atoms with van der Waals surface area (Å²) in [6.45, 7) is 2.08. The molecular formula is C17H21N7. The summed E-state index contributed by atoms with van der Waals surface area (Å²) in [5.41, 5.74) is 2.70. The van der Waals surface area contributed by atoms with Gasteiger partial charge in [0.25, 0.3) is 0 Å². The maximum absolute atomic E-state index is 4.85. The van der Waals surface area contributed by atoms with E-state index >= 15 is 0 Å². The molecule has 1 fully saturated rings. The normalized spacial score (nSPS) is 15.0. The Morgan fingerprint density at radius 2 is 1.88 bits per heavy atom. The number of nitrogens with one attached hydrogen (secondary N) is 1. The fourth-order valence-corrected chi connectivity index (χ4v) is 3.26. The molecule has 0 atom stereocenters. The number of fused-ring (bicyclic) bond motifs is 1. The maximum atomic E-state index is 4.85. The first-order chi connectivity index (χ1) is 11.8. The minimum Gasteiger partial charge on any atom is -0.373 e. The van der Waals surface area contributed by atoms with Gasteiger partial charge < -0.3 is 14.8 Å². The van der Waals surface area contributed by atoms with Gasteiger partial charge >= 0.3 is 0 Å². The van der Waals surface area contributed by atoms with Crippen molar-refractivity contribution in [1.82, 2.24) is 24.5 Å². The van der Waals surface area contributed by atoms with Crippen LogP contribution >= 0.6 is 0 Å². The molecule has 0 unspecified atom stereocenters. The molecule has 0 amide bonds. The van der Waals surface area contributed by atoms with E-state index in [1.165, 1.54) is 19.3 Å². The van der Waals surface area contributed by atoms with Crippen LogP contribution in [0.2, 0.25) is 0 Å². The zero-order chi connectivity index (χ0) is 16.5. The average molecular weight is 323 g/mol. The number of pyridine rings is 1. The molecule has 3 aromatic rings. The van der Waals surface area contributed by atoms with E-state index in [9.17, 15) is 0 Å². The molecular weight excluding hydrogens is 302 g/mol. The Kier molecular flexibility index (Phi) is 3.76. The van der Waals surface area contributed by atoms with E-state index in [4.69, 9.17) is 4.98 Å². The minimum atomic E-state index is 0.839. The van der Waals surface area contributed by atoms with Gasteiger partial charge in [0.1, 0.15) is 18.0 Å². The Morgan fingerprint density at radius 1 is 1.04 bits per heavy atom. The number of hydrogen-bond acceptors (Lipinski definition) is 6. The van der Waals surface area contributed by atoms with Gasteiger partial charge in [0, 0.05) is 38.9 Å². The highest BCUT2D eigenvalue weighted by molar-refractivity contribution is 5.86. The largest absolute Gasteiger partial charge is 0.373 e. The van der Waals surface area contributed by atoms with E-state index < -0.39 is 0 Å². The molecule has 0 bridgehead atoms. The van der Waals surface area contributed by atoms with Crippen molar-refractivity contribution in [3.05, 3.63) is 24.7 Å². The predicted molar refractivity (Wildman–Crippen MR) is 95.1 cm³/mol. The Hall–Kier alpha value is -2.70. The molecule has 7 nitrogen and oxygen atoms in total. The number of hydrogen-bond donors (Lipinski definition) is 1. The number of imidazole rings is 1. The van der Waals surface area contributed by atoms with E-state index in [-0.39, 0.29) is 0 Å². The number of nitrogens with zero attached hydrogens (tertiary/aromatic N) is 6. The first-order valence-corrected chi connectivity index (χ1v) is 8.34. The van der Waals surface area contributed by atoms with Crippen LogP contribution in [0, 0.1) is 0 Å². The van der Waals surface area contributed by atoms with Crippen LogP contribution in [0.15, 0.2) is 24.7 Å². The zero-order valence-corrected chi connectivity index (χ0v) is 14.0. The second-order valence-electron chi connectivity index (χ2n) is 6.09. The van der Waals surface area contributed by atoms with Crippen molar-refractivity contribution in [1.29, 1.82) is 0 Å². The van der Waals surface area contributed by atoms with Crippen LogP contribution in [-0.4, -0.2) is 44.6 Å². The standard InChI is InChI=1S/C17H21N7/c1-18-13-7-6-12(10-19-13)15-22-14-16(23(15)2)20-11-21-17(14)24-8-4-3-5-9-24/h6-7,10-11H,3-5,8-9H2,1-2H3,(H,18,19). The maximum Gasteiger partial charge on any atom is 0.165 e. The van der Waals surface area contributed by atoms with Crippen LogP contribution in [0.3, 0.4) is 0 Å². The molecule has 0 aliphatic carbocycles. The van der Waals surface area contributed by atoms with Crippen molar-refractivity contribution in [3.63, 3.8) is 0 Å². The van der Waals surface area contributed by atoms with Crippen LogP contribution < -0.4 is 10.2 Å². The first-order valence-electron chi connectivity index (χ1n) is 8.34. The van der Waals surface area contributed by atoms with Gasteiger partial charge in [-0.3, -0.25) is 0 Å². The highest BCUT2D eigenvalue weighted by Crippen LogP contribution is 2.29. The van der Waals surface area contributed by atoms with Gasteiger partial charge in [-0.15, -0.1) is 0 Å². The summed E-state index contributed by atoms with van der Waals surface area (Å²) in [4.78, 5) is 20.5. The van der Waals surface area contributed by atoms with Gasteiger partial charge in [-0.25, -0.2) is 19.9 Å². The van der Waals surface area contributed by atoms with E-state index in [1.54, 1.807) is 6.33 Å². The summed E-state index contributed by atoms with van der Waals surface area (Å²) in [5, 5.41) is 3.03. The lowest BCUT2D eigenvalue weighted by atomic mass is 10.1. The lowest BCUT2D eigenvalue weighted by Crippen LogP contribution is -2.30. The molecule has 4 heterocycles. The topological polar surface area (TPSA) is 71.8 Å². The van der Waals surface area contributed by atoms with Crippen molar-refractivity contribution in [3.8, 4) is 11.4 Å². The lowest BCUT2D eigenvalue weighted by Gasteiger charge is -2.27. The Bertz CT molecular complexity index is 847. The van der Waals surface area contributed by atoms with Crippen molar-refractivity contribution < 1.29 is 0 Å². The van der Waals surface area contributed by atoms with Gasteiger partial charge in [0.05, 0.1) is 0 Å². The van der Waals surface area contributed by atoms with Crippen LogP contribution in [0.25, 0.3) is 22.6 Å². The third-order valence-corrected chi connectivity index (χ3v) is 4.57. The van der Waals surface area contributed by atoms with E-state index in [0.29, 0.717) is 0 Å². The molecule has 1 saturated heterocycles. The molecule has 7 heteroatoms. The second kappa shape index (κ2) is 6.07. The minimum absolute atomic E-state index is 0.839. The third kappa shape index (κ3) is 2.46. The van der Waals surface area contributed by atoms with Crippen LogP contribution in [0.5, 0.6) is 0 Å². The van der Waals surface area contributed by atoms with E-state index in [2.05, 4.69) is 25.2 Å². The third-order valence-electron chi connectivity index (χ3n) is 4.57. The zero-order valence-electron chi connectivity index (χ0n) is 14.0. The molecule has 0 spiro atoms. The fraction of sp³-hybridized carbons (Fsp3) is 0.412. The molecule has 1 aliphatic heterocycles. The van der Waals surface area contributed by atoms with Crippen molar-refractivity contribution in [2.24, 2.45) is 7.05 Å². The summed E-state index contributed by atoms with van der Waals surface area (Å²) in [5.74, 6) is 2.64. The molecule has 1 N–H and O–H groups in total. The van der Waals surface area contributed by atoms with Crippen LogP contribution in [0.4, 0.5) is 11.6 Å². The molecule has 0 aromatic carbocycles. The number of anilines is 2. The monoisotopic (exact) mass is 323 g/mol. The number of piperidine rings is 1. The summed E-state index contributed by atoms with van der Waals surface area (Å²) < 4.78 is 2.01. The fourth-order valence-electron chi connectivity index (χ4n) is 3.26. The summed E-state index contributed by atoms with van der Waals surface area (Å²) in [7, 11) is 3.85. The Balaban J connectivity index is 1.81. The molecule has 0 saturated carbocycles. The first kappa shape index (κ1) is 14.9. The van der Waals surface area contributed by atoms with Crippen molar-refractivity contribution >= 4 is 22.8 Å². The van der Waals surface area contributed by atoms with Gasteiger partial charge in [-0.2, -0.15) is 0 Å². The molecule has 0 radical (unpaired) electrons. The average Bonchev–Trinajstić information content (AvgIpc) is 2.99. The lowest BCUT2D eigenvalue weighted by molar-refractivity contribution is 0.574. The Morgan fingerprint density at radius 3 is 2.58 bits per heavy atom. The number of aryl methyl sites for hydroxylation is 1. The number of aromatic nitrogens is 5. The molecule has 124 valence electrons. The molecule has 4 rings (SSSR count). The van der Waals surface area contributed by atoms with Gasteiger partial charge in [-0.1, -0.05) is 0 Å². The summed E-state index contributed by atoms with van der Waals surface area (Å²) in [6.07, 6.45) is 7.18.